The first-order valence-corrected chi connectivity index (χ1v) is 36.1. The zero-order valence-electron chi connectivity index (χ0n) is 58.3. The lowest BCUT2D eigenvalue weighted by atomic mass is 9.85. The van der Waals surface area contributed by atoms with Crippen LogP contribution in [-0.4, -0.2) is 9.13 Å². The average molecular weight is 1400 g/mol. The van der Waals surface area contributed by atoms with Gasteiger partial charge in [0.25, 0.3) is 0 Å². The number of aromatic nitrogens is 2. The molecule has 0 bridgehead atoms. The molecule has 4 nitrogen and oxygen atoms in total. The lowest BCUT2D eigenvalue weighted by Gasteiger charge is -2.29. The highest BCUT2D eigenvalue weighted by atomic mass is 19.1. The van der Waals surface area contributed by atoms with Crippen molar-refractivity contribution in [2.24, 2.45) is 0 Å². The van der Waals surface area contributed by atoms with E-state index < -0.39 is 0 Å². The van der Waals surface area contributed by atoms with Gasteiger partial charge < -0.3 is 18.9 Å². The van der Waals surface area contributed by atoms with Crippen LogP contribution in [0.4, 0.5) is 51.7 Å². The van der Waals surface area contributed by atoms with Crippen LogP contribution in [0.1, 0.15) is 0 Å². The van der Waals surface area contributed by atoms with Crippen molar-refractivity contribution >= 4 is 121 Å². The molecule has 0 saturated heterocycles. The highest BCUT2D eigenvalue weighted by molar-refractivity contribution is 6.26. The van der Waals surface area contributed by atoms with Crippen LogP contribution in [-0.2, 0) is 0 Å². The minimum Gasteiger partial charge on any atom is -0.310 e. The molecule has 0 unspecified atom stereocenters. The van der Waals surface area contributed by atoms with Crippen LogP contribution in [0.15, 0.2) is 388 Å². The molecule has 0 spiro atoms. The number of hydrogen-bond acceptors (Lipinski definition) is 2. The lowest BCUT2D eigenvalue weighted by molar-refractivity contribution is 0.627. The van der Waals surface area contributed by atoms with E-state index in [1.807, 2.05) is 84.9 Å². The summed E-state index contributed by atoms with van der Waals surface area (Å²) in [6, 6.07) is 129. The van der Waals surface area contributed by atoms with Gasteiger partial charge in [-0.05, 0) is 246 Å². The van der Waals surface area contributed by atoms with Gasteiger partial charge in [-0.3, -0.25) is 0 Å². The van der Waals surface area contributed by atoms with Crippen molar-refractivity contribution in [3.63, 3.8) is 0 Å². The molecule has 0 atom stereocenters. The third kappa shape index (κ3) is 11.3. The van der Waals surface area contributed by atoms with Crippen LogP contribution in [0.25, 0.3) is 143 Å². The summed E-state index contributed by atoms with van der Waals surface area (Å²) in [5.41, 5.74) is 20.5. The van der Waals surface area contributed by atoms with Gasteiger partial charge in [-0.25, -0.2) is 17.6 Å². The largest absolute Gasteiger partial charge is 0.310 e. The molecule has 20 aromatic rings. The highest BCUT2D eigenvalue weighted by Gasteiger charge is 2.26. The molecule has 2 heterocycles. The molecule has 0 N–H and O–H groups in total. The molecule has 8 heteroatoms. The molecule has 0 aliphatic heterocycles. The van der Waals surface area contributed by atoms with E-state index in [0.29, 0.717) is 0 Å². The first-order valence-electron chi connectivity index (χ1n) is 36.1. The molecule has 512 valence electrons. The smallest absolute Gasteiger partial charge is 0.123 e. The Hall–Kier alpha value is -14.1. The average Bonchev–Trinajstić information content (AvgIpc) is 1.11. The van der Waals surface area contributed by atoms with Crippen molar-refractivity contribution < 1.29 is 17.6 Å². The predicted molar refractivity (Wildman–Crippen MR) is 443 cm³/mol. The normalized spacial score (nSPS) is 11.5. The quantitative estimate of drug-likeness (QED) is 0.0895. The van der Waals surface area contributed by atoms with E-state index in [-0.39, 0.29) is 23.3 Å². The molecule has 20 rings (SSSR count). The number of fused-ring (bicyclic) bond motifs is 10. The van der Waals surface area contributed by atoms with Gasteiger partial charge in [0.1, 0.15) is 23.3 Å². The number of halogens is 4. The SMILES string of the molecule is Fc1ccc(-c2c3ccccc3c(-c3ccc(F)cc3)c3c(N(c4ccccc4)c4ccc(-n5c6ccccc6c6ccccc65)cc4)cccc23)cc1.Fc1ccc(-c2c3ccccc3c(-c3ccc(F)cc3)c3cc(N(c4ccccc4)c4ccc(-n5c6ccccc6c6ccccc65)cc4)ccc23)cc1. The van der Waals surface area contributed by atoms with Gasteiger partial charge in [0.15, 0.2) is 0 Å². The number of nitrogens with zero attached hydrogens (tertiary/aromatic N) is 4. The number of rotatable bonds is 12. The monoisotopic (exact) mass is 1400 g/mol. The van der Waals surface area contributed by atoms with Crippen LogP contribution in [0, 0.1) is 23.3 Å². The summed E-state index contributed by atoms with van der Waals surface area (Å²) in [5, 5.41) is 13.1. The van der Waals surface area contributed by atoms with Gasteiger partial charge in [-0.2, -0.15) is 0 Å². The summed E-state index contributed by atoms with van der Waals surface area (Å²) in [6.07, 6.45) is 0. The summed E-state index contributed by atoms with van der Waals surface area (Å²) in [4.78, 5) is 4.57. The Labute approximate surface area is 621 Å². The van der Waals surface area contributed by atoms with Gasteiger partial charge in [-0.1, -0.05) is 224 Å². The Bertz CT molecular complexity index is 6630. The van der Waals surface area contributed by atoms with Gasteiger partial charge in [0.05, 0.1) is 27.8 Å². The number of hydrogen-bond donors (Lipinski definition) is 0. The zero-order valence-corrected chi connectivity index (χ0v) is 58.3. The topological polar surface area (TPSA) is 16.3 Å². The van der Waals surface area contributed by atoms with E-state index in [1.54, 1.807) is 0 Å². The fourth-order valence-electron chi connectivity index (χ4n) is 16.3. The molecule has 0 saturated carbocycles. The van der Waals surface area contributed by atoms with Crippen molar-refractivity contribution in [3.8, 4) is 55.9 Å². The van der Waals surface area contributed by atoms with Crippen LogP contribution >= 0.6 is 0 Å². The molecular weight excluding hydrogens is 1330 g/mol. The van der Waals surface area contributed by atoms with Crippen LogP contribution in [0.5, 0.6) is 0 Å². The molecule has 0 fully saturated rings. The van der Waals surface area contributed by atoms with E-state index in [9.17, 15) is 17.6 Å². The second-order valence-electron chi connectivity index (χ2n) is 27.2. The third-order valence-electron chi connectivity index (χ3n) is 21.0. The van der Waals surface area contributed by atoms with Crippen LogP contribution in [0.3, 0.4) is 0 Å². The van der Waals surface area contributed by atoms with Crippen molar-refractivity contribution in [2.75, 3.05) is 9.80 Å². The highest BCUT2D eigenvalue weighted by Crippen LogP contribution is 2.52. The predicted octanol–water partition coefficient (Wildman–Crippen LogP) is 28.3. The molecular formula is C100H64F4N4. The van der Waals surface area contributed by atoms with Crippen molar-refractivity contribution in [2.45, 2.75) is 0 Å². The van der Waals surface area contributed by atoms with Gasteiger partial charge >= 0.3 is 0 Å². The second-order valence-corrected chi connectivity index (χ2v) is 27.2. The van der Waals surface area contributed by atoms with Crippen LogP contribution < -0.4 is 9.80 Å². The van der Waals surface area contributed by atoms with E-state index in [2.05, 4.69) is 274 Å². The molecule has 0 amide bonds. The summed E-state index contributed by atoms with van der Waals surface area (Å²) in [7, 11) is 0. The van der Waals surface area contributed by atoms with E-state index in [1.165, 1.54) is 81.1 Å². The maximum absolute atomic E-state index is 14.5. The minimum absolute atomic E-state index is 0.278. The van der Waals surface area contributed by atoms with Crippen molar-refractivity contribution in [1.29, 1.82) is 0 Å². The fourth-order valence-corrected chi connectivity index (χ4v) is 16.3. The summed E-state index contributed by atoms with van der Waals surface area (Å²) < 4.78 is 62.0. The lowest BCUT2D eigenvalue weighted by Crippen LogP contribution is -2.11. The maximum atomic E-state index is 14.5. The fraction of sp³-hybridized carbons (Fsp3) is 0. The molecule has 0 radical (unpaired) electrons. The number of para-hydroxylation sites is 6. The zero-order chi connectivity index (χ0) is 72.3. The Morgan fingerprint density at radius 1 is 0.185 bits per heavy atom. The standard InChI is InChI=1S/2C50H32F2N2/c51-35-25-21-33(22-26-35)48-42-15-4-5-16-43(42)49(34-23-27-36(52)28-24-34)50-44(48)17-10-20-47(50)53(37-11-2-1-3-12-37)38-29-31-39(32-30-38)54-45-18-8-6-13-40(45)41-14-7-9-19-46(41)54;51-35-22-18-33(19-23-35)49-43-14-4-5-15-44(43)50(34-20-24-36(52)25-21-34)46-32-40(30-31-45(46)49)53(37-10-2-1-3-11-37)38-26-28-39(29-27-38)54-47-16-8-6-12-41(47)42-13-7-9-17-48(42)54/h2*1-32H. The Balaban J connectivity index is 0.000000147. The maximum Gasteiger partial charge on any atom is 0.123 e. The third-order valence-corrected chi connectivity index (χ3v) is 21.0. The van der Waals surface area contributed by atoms with E-state index in [4.69, 9.17) is 0 Å². The van der Waals surface area contributed by atoms with Gasteiger partial charge in [0.2, 0.25) is 0 Å². The van der Waals surface area contributed by atoms with Crippen LogP contribution in [0.2, 0.25) is 0 Å². The number of benzene rings is 18. The van der Waals surface area contributed by atoms with E-state index in [0.717, 1.165) is 144 Å². The minimum atomic E-state index is -0.287. The van der Waals surface area contributed by atoms with Crippen molar-refractivity contribution in [1.82, 2.24) is 9.13 Å². The molecule has 0 aliphatic rings. The summed E-state index contributed by atoms with van der Waals surface area (Å²) in [5.74, 6) is -1.13. The van der Waals surface area contributed by atoms with Crippen molar-refractivity contribution in [3.05, 3.63) is 412 Å². The van der Waals surface area contributed by atoms with Gasteiger partial charge in [0, 0.05) is 66.7 Å². The summed E-state index contributed by atoms with van der Waals surface area (Å²) in [6.45, 7) is 0. The summed E-state index contributed by atoms with van der Waals surface area (Å²) >= 11 is 0. The Kier molecular flexibility index (Phi) is 16.3. The van der Waals surface area contributed by atoms with E-state index >= 15 is 0 Å². The first kappa shape index (κ1) is 64.7. The molecule has 2 aromatic heterocycles. The second kappa shape index (κ2) is 27.2. The molecule has 18 aromatic carbocycles. The number of anilines is 6. The molecule has 0 aliphatic carbocycles. The Morgan fingerprint density at radius 3 is 0.861 bits per heavy atom. The first-order chi connectivity index (χ1) is 53.3. The Morgan fingerprint density at radius 2 is 0.463 bits per heavy atom. The van der Waals surface area contributed by atoms with Gasteiger partial charge in [-0.15, -0.1) is 0 Å². The molecule has 108 heavy (non-hydrogen) atoms.